The van der Waals surface area contributed by atoms with E-state index in [-0.39, 0.29) is 6.61 Å². The quantitative estimate of drug-likeness (QED) is 0.883. The number of halogens is 1. The minimum absolute atomic E-state index is 0.0359. The molecule has 4 heteroatoms. The molecule has 0 aliphatic rings. The maximum Gasteiger partial charge on any atom is 0.118 e. The summed E-state index contributed by atoms with van der Waals surface area (Å²) in [6, 6.07) is 15.1. The van der Waals surface area contributed by atoms with E-state index in [0.717, 1.165) is 17.0 Å². The predicted octanol–water partition coefficient (Wildman–Crippen LogP) is 3.67. The number of benzene rings is 2. The fraction of sp³-hybridized carbons (Fsp3) is 0.250. The fourth-order valence-electron chi connectivity index (χ4n) is 2.05. The maximum atomic E-state index is 9.77. The molecule has 1 atom stereocenters. The summed E-state index contributed by atoms with van der Waals surface area (Å²) in [7, 11) is 1.63. The van der Waals surface area contributed by atoms with E-state index in [2.05, 4.69) is 5.32 Å². The minimum Gasteiger partial charge on any atom is -0.497 e. The molecule has 0 spiro atoms. The molecule has 0 bridgehead atoms. The second kappa shape index (κ2) is 6.16. The zero-order valence-corrected chi connectivity index (χ0v) is 12.3. The number of hydrogen-bond acceptors (Lipinski definition) is 3. The Morgan fingerprint density at radius 2 is 1.90 bits per heavy atom. The van der Waals surface area contributed by atoms with E-state index >= 15 is 0 Å². The van der Waals surface area contributed by atoms with Gasteiger partial charge in [0.15, 0.2) is 0 Å². The van der Waals surface area contributed by atoms with Crippen molar-refractivity contribution in [2.75, 3.05) is 19.0 Å². The van der Waals surface area contributed by atoms with Gasteiger partial charge in [-0.15, -0.1) is 0 Å². The van der Waals surface area contributed by atoms with Crippen molar-refractivity contribution in [3.63, 3.8) is 0 Å². The third-order valence-corrected chi connectivity index (χ3v) is 3.52. The number of methoxy groups -OCH3 is 1. The summed E-state index contributed by atoms with van der Waals surface area (Å²) < 4.78 is 5.15. The molecule has 106 valence electrons. The highest BCUT2D eigenvalue weighted by atomic mass is 35.5. The van der Waals surface area contributed by atoms with Crippen LogP contribution >= 0.6 is 11.6 Å². The molecule has 20 heavy (non-hydrogen) atoms. The molecule has 0 aromatic heterocycles. The van der Waals surface area contributed by atoms with Crippen LogP contribution in [-0.2, 0) is 5.54 Å². The molecule has 0 fully saturated rings. The summed E-state index contributed by atoms with van der Waals surface area (Å²) in [5.74, 6) is 0.789. The number of nitrogens with one attached hydrogen (secondary N) is 1. The highest BCUT2D eigenvalue weighted by molar-refractivity contribution is 6.30. The van der Waals surface area contributed by atoms with Crippen LogP contribution in [0.25, 0.3) is 0 Å². The number of aliphatic hydroxyl groups excluding tert-OH is 1. The first kappa shape index (κ1) is 14.7. The Morgan fingerprint density at radius 3 is 2.45 bits per heavy atom. The predicted molar refractivity (Wildman–Crippen MR) is 82.5 cm³/mol. The summed E-state index contributed by atoms with van der Waals surface area (Å²) in [5.41, 5.74) is 1.25. The van der Waals surface area contributed by atoms with Crippen molar-refractivity contribution in [2.24, 2.45) is 0 Å². The standard InChI is InChI=1S/C16H18ClNO2/c1-16(11-19,12-6-8-15(20-2)9-7-12)18-14-5-3-4-13(17)10-14/h3-10,18-19H,11H2,1-2H3. The monoisotopic (exact) mass is 291 g/mol. The van der Waals surface area contributed by atoms with Gasteiger partial charge < -0.3 is 15.2 Å². The van der Waals surface area contributed by atoms with Crippen molar-refractivity contribution < 1.29 is 9.84 Å². The summed E-state index contributed by atoms with van der Waals surface area (Å²) in [4.78, 5) is 0. The third-order valence-electron chi connectivity index (χ3n) is 3.29. The van der Waals surface area contributed by atoms with Gasteiger partial charge in [-0.05, 0) is 42.8 Å². The fourth-order valence-corrected chi connectivity index (χ4v) is 2.24. The summed E-state index contributed by atoms with van der Waals surface area (Å²) in [6.07, 6.45) is 0. The van der Waals surface area contributed by atoms with Crippen molar-refractivity contribution in [3.05, 3.63) is 59.1 Å². The molecule has 0 saturated carbocycles. The van der Waals surface area contributed by atoms with Gasteiger partial charge in [0.25, 0.3) is 0 Å². The molecule has 1 unspecified atom stereocenters. The molecule has 3 nitrogen and oxygen atoms in total. The second-order valence-corrected chi connectivity index (χ2v) is 5.29. The van der Waals surface area contributed by atoms with Crippen LogP contribution in [0.5, 0.6) is 5.75 Å². The van der Waals surface area contributed by atoms with Crippen LogP contribution in [0, 0.1) is 0 Å². The van der Waals surface area contributed by atoms with E-state index in [1.165, 1.54) is 0 Å². The van der Waals surface area contributed by atoms with Crippen molar-refractivity contribution in [1.29, 1.82) is 0 Å². The average molecular weight is 292 g/mol. The normalized spacial score (nSPS) is 13.6. The van der Waals surface area contributed by atoms with Gasteiger partial charge in [0.1, 0.15) is 5.75 Å². The largest absolute Gasteiger partial charge is 0.497 e. The Labute approximate surface area is 124 Å². The number of rotatable bonds is 5. The van der Waals surface area contributed by atoms with Crippen molar-refractivity contribution in [3.8, 4) is 5.75 Å². The molecule has 0 amide bonds. The Hall–Kier alpha value is -1.71. The molecule has 2 N–H and O–H groups in total. The Morgan fingerprint density at radius 1 is 1.20 bits per heavy atom. The molecule has 2 aromatic rings. The number of anilines is 1. The van der Waals surface area contributed by atoms with Crippen molar-refractivity contribution >= 4 is 17.3 Å². The Balaban J connectivity index is 2.27. The van der Waals surface area contributed by atoms with E-state index in [9.17, 15) is 5.11 Å². The van der Waals surface area contributed by atoms with Gasteiger partial charge in [-0.1, -0.05) is 29.8 Å². The van der Waals surface area contributed by atoms with Gasteiger partial charge in [0.2, 0.25) is 0 Å². The molecular formula is C16H18ClNO2. The second-order valence-electron chi connectivity index (χ2n) is 4.85. The Kier molecular flexibility index (Phi) is 4.53. The van der Waals surface area contributed by atoms with Crippen molar-refractivity contribution in [1.82, 2.24) is 0 Å². The number of ether oxygens (including phenoxy) is 1. The molecule has 0 radical (unpaired) electrons. The minimum atomic E-state index is -0.586. The van der Waals surface area contributed by atoms with Crippen LogP contribution in [-0.4, -0.2) is 18.8 Å². The van der Waals surface area contributed by atoms with Crippen LogP contribution in [0.1, 0.15) is 12.5 Å². The highest BCUT2D eigenvalue weighted by Crippen LogP contribution is 2.28. The third kappa shape index (κ3) is 3.24. The molecule has 2 rings (SSSR count). The lowest BCUT2D eigenvalue weighted by atomic mass is 9.92. The molecular weight excluding hydrogens is 274 g/mol. The van der Waals surface area contributed by atoms with Gasteiger partial charge in [-0.2, -0.15) is 0 Å². The smallest absolute Gasteiger partial charge is 0.118 e. The lowest BCUT2D eigenvalue weighted by molar-refractivity contribution is 0.224. The van der Waals surface area contributed by atoms with E-state index in [1.54, 1.807) is 7.11 Å². The first-order valence-electron chi connectivity index (χ1n) is 6.36. The van der Waals surface area contributed by atoms with E-state index in [0.29, 0.717) is 5.02 Å². The van der Waals surface area contributed by atoms with Gasteiger partial charge in [0.05, 0.1) is 19.3 Å². The van der Waals surface area contributed by atoms with E-state index in [4.69, 9.17) is 16.3 Å². The summed E-state index contributed by atoms with van der Waals surface area (Å²) in [5, 5.41) is 13.8. The van der Waals surface area contributed by atoms with Crippen LogP contribution in [0.2, 0.25) is 5.02 Å². The van der Waals surface area contributed by atoms with Crippen LogP contribution in [0.15, 0.2) is 48.5 Å². The van der Waals surface area contributed by atoms with Crippen molar-refractivity contribution in [2.45, 2.75) is 12.5 Å². The van der Waals surface area contributed by atoms with Crippen LogP contribution in [0.3, 0.4) is 0 Å². The van der Waals surface area contributed by atoms with Gasteiger partial charge in [0, 0.05) is 10.7 Å². The lowest BCUT2D eigenvalue weighted by Gasteiger charge is -2.30. The van der Waals surface area contributed by atoms with E-state index < -0.39 is 5.54 Å². The topological polar surface area (TPSA) is 41.5 Å². The first-order valence-corrected chi connectivity index (χ1v) is 6.74. The first-order chi connectivity index (χ1) is 9.57. The molecule has 0 saturated heterocycles. The number of aliphatic hydroxyl groups is 1. The molecule has 2 aromatic carbocycles. The molecule has 0 aliphatic carbocycles. The highest BCUT2D eigenvalue weighted by Gasteiger charge is 2.25. The SMILES string of the molecule is COc1ccc(C(C)(CO)Nc2cccc(Cl)c2)cc1. The number of hydrogen-bond donors (Lipinski definition) is 2. The molecule has 0 aliphatic heterocycles. The zero-order valence-electron chi connectivity index (χ0n) is 11.6. The zero-order chi connectivity index (χ0) is 14.6. The van der Waals surface area contributed by atoms with Gasteiger partial charge >= 0.3 is 0 Å². The van der Waals surface area contributed by atoms with E-state index in [1.807, 2.05) is 55.5 Å². The van der Waals surface area contributed by atoms with Gasteiger partial charge in [-0.25, -0.2) is 0 Å². The summed E-state index contributed by atoms with van der Waals surface area (Å²) in [6.45, 7) is 1.90. The van der Waals surface area contributed by atoms with Crippen LogP contribution in [0.4, 0.5) is 5.69 Å². The summed E-state index contributed by atoms with van der Waals surface area (Å²) >= 11 is 5.98. The lowest BCUT2D eigenvalue weighted by Crippen LogP contribution is -2.35. The Bertz CT molecular complexity index is 571. The van der Waals surface area contributed by atoms with Crippen LogP contribution < -0.4 is 10.1 Å². The maximum absolute atomic E-state index is 9.77. The average Bonchev–Trinajstić information content (AvgIpc) is 2.47. The molecule has 0 heterocycles. The van der Waals surface area contributed by atoms with Gasteiger partial charge in [-0.3, -0.25) is 0 Å².